The summed E-state index contributed by atoms with van der Waals surface area (Å²) in [5.74, 6) is 0.106. The molecule has 2 rings (SSSR count). The number of halogens is 1. The Labute approximate surface area is 135 Å². The molecule has 0 saturated heterocycles. The molecule has 0 fully saturated rings. The zero-order valence-electron chi connectivity index (χ0n) is 12.5. The lowest BCUT2D eigenvalue weighted by Gasteiger charge is -2.05. The molecule has 0 unspecified atom stereocenters. The van der Waals surface area contributed by atoms with Gasteiger partial charge in [-0.25, -0.2) is 9.37 Å². The largest absolute Gasteiger partial charge is 0.423 e. The summed E-state index contributed by atoms with van der Waals surface area (Å²) >= 11 is 6.20. The van der Waals surface area contributed by atoms with Crippen LogP contribution in [0.1, 0.15) is 15.9 Å². The summed E-state index contributed by atoms with van der Waals surface area (Å²) < 4.78 is 7.22. The number of allylic oxidation sites excluding steroid dienone is 1. The van der Waals surface area contributed by atoms with Crippen molar-refractivity contribution in [2.24, 2.45) is 0 Å². The van der Waals surface area contributed by atoms with Gasteiger partial charge < -0.3 is 4.74 Å². The molecule has 0 heterocycles. The normalized spacial score (nSPS) is 11.0. The summed E-state index contributed by atoms with van der Waals surface area (Å²) in [6, 6.07) is 16.0. The van der Waals surface area contributed by atoms with Gasteiger partial charge in [-0.2, -0.15) is 0 Å². The van der Waals surface area contributed by atoms with Gasteiger partial charge >= 0.3 is 5.97 Å². The number of ether oxygens (including phenoxy) is 1. The van der Waals surface area contributed by atoms with Gasteiger partial charge in [0, 0.05) is 6.08 Å². The summed E-state index contributed by atoms with van der Waals surface area (Å²) in [6.45, 7) is 0. The van der Waals surface area contributed by atoms with Crippen molar-refractivity contribution in [2.45, 2.75) is 0 Å². The van der Waals surface area contributed by atoms with E-state index in [0.717, 1.165) is 5.56 Å². The second kappa shape index (κ2) is 7.57. The van der Waals surface area contributed by atoms with Crippen LogP contribution in [-0.2, 0) is 0 Å². The molecule has 0 spiro atoms. The van der Waals surface area contributed by atoms with Crippen molar-refractivity contribution in [3.8, 4) is 5.75 Å². The molecule has 22 heavy (non-hydrogen) atoms. The minimum Gasteiger partial charge on any atom is -0.423 e. The van der Waals surface area contributed by atoms with Crippen LogP contribution in [0.4, 0.5) is 0 Å². The van der Waals surface area contributed by atoms with Gasteiger partial charge in [-0.1, -0.05) is 29.8 Å². The topological polar surface area (TPSA) is 29.3 Å². The third-order valence-electron chi connectivity index (χ3n) is 2.87. The molecule has 2 aromatic rings. The van der Waals surface area contributed by atoms with Gasteiger partial charge in [0.05, 0.1) is 10.6 Å². The SMILES string of the molecule is C[N+](C)=C/C=C(\Cl)c1ccc(OC(=O)c2ccccc2)cc1. The summed E-state index contributed by atoms with van der Waals surface area (Å²) in [7, 11) is 3.85. The summed E-state index contributed by atoms with van der Waals surface area (Å²) in [4.78, 5) is 11.9. The zero-order valence-corrected chi connectivity index (χ0v) is 13.2. The summed E-state index contributed by atoms with van der Waals surface area (Å²) in [5.41, 5.74) is 1.38. The maximum absolute atomic E-state index is 11.9. The van der Waals surface area contributed by atoms with Crippen LogP contribution in [0.3, 0.4) is 0 Å². The van der Waals surface area contributed by atoms with E-state index in [1.807, 2.05) is 49.2 Å². The van der Waals surface area contributed by atoms with E-state index in [1.165, 1.54) is 0 Å². The molecule has 112 valence electrons. The van der Waals surface area contributed by atoms with Gasteiger partial charge in [0.2, 0.25) is 0 Å². The lowest BCUT2D eigenvalue weighted by Crippen LogP contribution is -2.07. The number of carbonyl (C=O) groups excluding carboxylic acids is 1. The Morgan fingerprint density at radius 1 is 1.00 bits per heavy atom. The van der Waals surface area contributed by atoms with Crippen LogP contribution in [0.5, 0.6) is 5.75 Å². The highest BCUT2D eigenvalue weighted by Gasteiger charge is 2.08. The van der Waals surface area contributed by atoms with Crippen molar-refractivity contribution >= 4 is 28.8 Å². The first kappa shape index (κ1) is 16.0. The van der Waals surface area contributed by atoms with Crippen molar-refractivity contribution in [1.29, 1.82) is 0 Å². The van der Waals surface area contributed by atoms with E-state index >= 15 is 0 Å². The van der Waals surface area contributed by atoms with Crippen LogP contribution in [0.25, 0.3) is 5.03 Å². The molecule has 0 N–H and O–H groups in total. The first-order valence-electron chi connectivity index (χ1n) is 6.81. The standard InChI is InChI=1S/C18H17ClNO2/c1-20(2)13-12-17(19)14-8-10-16(11-9-14)22-18(21)15-6-4-3-5-7-15/h3-13H,1-2H3/q+1/b17-12-. The molecular weight excluding hydrogens is 298 g/mol. The summed E-state index contributed by atoms with van der Waals surface area (Å²) in [5, 5.41) is 0.620. The van der Waals surface area contributed by atoms with E-state index in [9.17, 15) is 4.79 Å². The molecule has 3 nitrogen and oxygen atoms in total. The number of benzene rings is 2. The van der Waals surface area contributed by atoms with Crippen molar-refractivity contribution in [2.75, 3.05) is 14.1 Å². The molecule has 0 aliphatic heterocycles. The second-order valence-corrected chi connectivity index (χ2v) is 5.31. The van der Waals surface area contributed by atoms with E-state index < -0.39 is 0 Å². The first-order chi connectivity index (χ1) is 10.6. The molecule has 0 radical (unpaired) electrons. The minimum absolute atomic E-state index is 0.379. The van der Waals surface area contributed by atoms with Gasteiger partial charge in [0.25, 0.3) is 0 Å². The van der Waals surface area contributed by atoms with Crippen LogP contribution >= 0.6 is 11.6 Å². The van der Waals surface area contributed by atoms with E-state index in [2.05, 4.69) is 0 Å². The Balaban J connectivity index is 2.08. The van der Waals surface area contributed by atoms with E-state index in [0.29, 0.717) is 16.3 Å². The minimum atomic E-state index is -0.379. The van der Waals surface area contributed by atoms with E-state index in [4.69, 9.17) is 16.3 Å². The fourth-order valence-electron chi connectivity index (χ4n) is 1.73. The molecule has 0 saturated carbocycles. The predicted molar refractivity (Wildman–Crippen MR) is 89.8 cm³/mol. The van der Waals surface area contributed by atoms with Gasteiger partial charge in [0.1, 0.15) is 19.8 Å². The van der Waals surface area contributed by atoms with Gasteiger partial charge in [-0.05, 0) is 42.0 Å². The number of nitrogens with zero attached hydrogens (tertiary/aromatic N) is 1. The third-order valence-corrected chi connectivity index (χ3v) is 3.21. The average Bonchev–Trinajstić information content (AvgIpc) is 2.54. The van der Waals surface area contributed by atoms with E-state index in [-0.39, 0.29) is 5.97 Å². The molecule has 4 heteroatoms. The van der Waals surface area contributed by atoms with Crippen molar-refractivity contribution < 1.29 is 14.1 Å². The van der Waals surface area contributed by atoms with Crippen LogP contribution < -0.4 is 4.74 Å². The number of hydrogen-bond acceptors (Lipinski definition) is 2. The number of carbonyl (C=O) groups is 1. The van der Waals surface area contributed by atoms with Crippen molar-refractivity contribution in [3.63, 3.8) is 0 Å². The quantitative estimate of drug-likeness (QED) is 0.371. The average molecular weight is 315 g/mol. The van der Waals surface area contributed by atoms with Crippen LogP contribution in [0.15, 0.2) is 60.7 Å². The number of esters is 1. The van der Waals surface area contributed by atoms with E-state index in [1.54, 1.807) is 36.4 Å². The fraction of sp³-hybridized carbons (Fsp3) is 0.111. The number of hydrogen-bond donors (Lipinski definition) is 0. The van der Waals surface area contributed by atoms with Gasteiger partial charge in [0.15, 0.2) is 6.21 Å². The zero-order chi connectivity index (χ0) is 15.9. The fourth-order valence-corrected chi connectivity index (χ4v) is 1.92. The Bertz CT molecular complexity index is 700. The van der Waals surface area contributed by atoms with Gasteiger partial charge in [-0.3, -0.25) is 0 Å². The molecule has 0 aliphatic rings. The molecule has 0 bridgehead atoms. The maximum atomic E-state index is 11.9. The molecular formula is C18H17ClNO2+. The highest BCUT2D eigenvalue weighted by molar-refractivity contribution is 6.49. The van der Waals surface area contributed by atoms with Crippen LogP contribution in [-0.4, -0.2) is 30.9 Å². The monoisotopic (exact) mass is 314 g/mol. The highest BCUT2D eigenvalue weighted by Crippen LogP contribution is 2.22. The molecule has 0 aliphatic carbocycles. The Morgan fingerprint density at radius 3 is 2.23 bits per heavy atom. The highest BCUT2D eigenvalue weighted by atomic mass is 35.5. The van der Waals surface area contributed by atoms with Crippen LogP contribution in [0.2, 0.25) is 0 Å². The van der Waals surface area contributed by atoms with Crippen molar-refractivity contribution in [3.05, 3.63) is 71.8 Å². The van der Waals surface area contributed by atoms with Crippen LogP contribution in [0, 0.1) is 0 Å². The van der Waals surface area contributed by atoms with Gasteiger partial charge in [-0.15, -0.1) is 0 Å². The Kier molecular flexibility index (Phi) is 5.50. The van der Waals surface area contributed by atoms with Crippen molar-refractivity contribution in [1.82, 2.24) is 0 Å². The Morgan fingerprint density at radius 2 is 1.64 bits per heavy atom. The molecule has 0 atom stereocenters. The lowest BCUT2D eigenvalue weighted by molar-refractivity contribution is -0.458. The Hall–Kier alpha value is -2.39. The third kappa shape index (κ3) is 4.57. The smallest absolute Gasteiger partial charge is 0.343 e. The predicted octanol–water partition coefficient (Wildman–Crippen LogP) is 3.83. The molecule has 0 amide bonds. The molecule has 0 aromatic heterocycles. The lowest BCUT2D eigenvalue weighted by atomic mass is 10.2. The number of rotatable bonds is 4. The molecule has 2 aromatic carbocycles. The second-order valence-electron chi connectivity index (χ2n) is 4.91. The first-order valence-corrected chi connectivity index (χ1v) is 7.19. The maximum Gasteiger partial charge on any atom is 0.343 e. The summed E-state index contributed by atoms with van der Waals surface area (Å²) in [6.07, 6.45) is 3.68.